The molecule has 0 aliphatic heterocycles. The Labute approximate surface area is 73.8 Å². The molecule has 0 fully saturated rings. The Morgan fingerprint density at radius 3 is 3.15 bits per heavy atom. The second-order valence-corrected chi connectivity index (χ2v) is 2.75. The maximum Gasteiger partial charge on any atom is 0.346 e. The Morgan fingerprint density at radius 2 is 2.38 bits per heavy atom. The van der Waals surface area contributed by atoms with Gasteiger partial charge in [0.1, 0.15) is 5.65 Å². The molecule has 0 bridgehead atoms. The lowest BCUT2D eigenvalue weighted by Gasteiger charge is -1.91. The Balaban J connectivity index is 2.55. The molecule has 0 atom stereocenters. The maximum absolute atomic E-state index is 10.8. The summed E-state index contributed by atoms with van der Waals surface area (Å²) in [6.07, 6.45) is 1.53. The third-order valence-electron chi connectivity index (χ3n) is 1.76. The molecule has 0 saturated carbocycles. The summed E-state index contributed by atoms with van der Waals surface area (Å²) in [5, 5.41) is 0.881. The first kappa shape index (κ1) is 8.00. The van der Waals surface area contributed by atoms with E-state index < -0.39 is 0 Å². The lowest BCUT2D eigenvalue weighted by Crippen LogP contribution is -2.07. The van der Waals surface area contributed by atoms with E-state index in [0.717, 1.165) is 11.1 Å². The average molecular weight is 179 g/mol. The van der Waals surface area contributed by atoms with Crippen LogP contribution < -0.4 is 5.69 Å². The van der Waals surface area contributed by atoms with Gasteiger partial charge in [-0.05, 0) is 6.07 Å². The van der Waals surface area contributed by atoms with Crippen molar-refractivity contribution in [2.45, 2.75) is 6.61 Å². The van der Waals surface area contributed by atoms with Gasteiger partial charge in [-0.25, -0.2) is 9.78 Å². The summed E-state index contributed by atoms with van der Waals surface area (Å²) >= 11 is 0. The van der Waals surface area contributed by atoms with Crippen LogP contribution >= 0.6 is 0 Å². The van der Waals surface area contributed by atoms with Crippen LogP contribution in [0.4, 0.5) is 0 Å². The van der Waals surface area contributed by atoms with Crippen molar-refractivity contribution in [3.63, 3.8) is 0 Å². The fraction of sp³-hybridized carbons (Fsp3) is 0.250. The molecule has 0 radical (unpaired) electrons. The van der Waals surface area contributed by atoms with Gasteiger partial charge in [-0.15, -0.1) is 0 Å². The molecular weight excluding hydrogens is 170 g/mol. The van der Waals surface area contributed by atoms with Crippen molar-refractivity contribution >= 4 is 11.0 Å². The standard InChI is InChI=1S/C8H9N3O2/c1-13-4-6-2-5-3-9-8(12)11-7(5)10-6/h2-3H,4H2,1H3,(H2,9,10,11,12). The summed E-state index contributed by atoms with van der Waals surface area (Å²) < 4.78 is 4.94. The van der Waals surface area contributed by atoms with Crippen LogP contribution in [0.3, 0.4) is 0 Å². The van der Waals surface area contributed by atoms with Crippen LogP contribution in [0.1, 0.15) is 5.69 Å². The van der Waals surface area contributed by atoms with Crippen molar-refractivity contribution < 1.29 is 4.74 Å². The minimum absolute atomic E-state index is 0.349. The van der Waals surface area contributed by atoms with E-state index in [1.807, 2.05) is 6.07 Å². The van der Waals surface area contributed by atoms with Crippen LogP contribution in [-0.4, -0.2) is 22.1 Å². The van der Waals surface area contributed by atoms with Crippen molar-refractivity contribution in [2.75, 3.05) is 7.11 Å². The highest BCUT2D eigenvalue weighted by atomic mass is 16.5. The van der Waals surface area contributed by atoms with Crippen LogP contribution in [0.15, 0.2) is 17.1 Å². The third kappa shape index (κ3) is 1.46. The van der Waals surface area contributed by atoms with Crippen molar-refractivity contribution in [3.05, 3.63) is 28.4 Å². The fourth-order valence-corrected chi connectivity index (χ4v) is 1.23. The van der Waals surface area contributed by atoms with E-state index in [0.29, 0.717) is 12.3 Å². The second kappa shape index (κ2) is 3.02. The van der Waals surface area contributed by atoms with Crippen LogP contribution in [0, 0.1) is 0 Å². The molecule has 2 aromatic heterocycles. The molecule has 0 amide bonds. The van der Waals surface area contributed by atoms with Crippen LogP contribution in [0.25, 0.3) is 11.0 Å². The minimum Gasteiger partial charge on any atom is -0.378 e. The van der Waals surface area contributed by atoms with Gasteiger partial charge in [0.25, 0.3) is 0 Å². The third-order valence-corrected chi connectivity index (χ3v) is 1.76. The first-order chi connectivity index (χ1) is 6.29. The van der Waals surface area contributed by atoms with Gasteiger partial charge in [0.2, 0.25) is 0 Å². The average Bonchev–Trinajstić information content (AvgIpc) is 2.46. The van der Waals surface area contributed by atoms with Crippen molar-refractivity contribution in [1.29, 1.82) is 0 Å². The number of nitrogens with zero attached hydrogens (tertiary/aromatic N) is 1. The summed E-state index contributed by atoms with van der Waals surface area (Å²) in [6, 6.07) is 1.89. The molecule has 2 rings (SSSR count). The number of aromatic nitrogens is 3. The van der Waals surface area contributed by atoms with E-state index in [-0.39, 0.29) is 5.69 Å². The second-order valence-electron chi connectivity index (χ2n) is 2.75. The van der Waals surface area contributed by atoms with Crippen LogP contribution in [-0.2, 0) is 11.3 Å². The van der Waals surface area contributed by atoms with Gasteiger partial charge in [0.15, 0.2) is 0 Å². The highest BCUT2D eigenvalue weighted by Gasteiger charge is 2.00. The largest absolute Gasteiger partial charge is 0.378 e. The monoisotopic (exact) mass is 179 g/mol. The highest BCUT2D eigenvalue weighted by molar-refractivity contribution is 5.74. The number of methoxy groups -OCH3 is 1. The molecule has 2 aromatic rings. The lowest BCUT2D eigenvalue weighted by atomic mass is 10.4. The molecular formula is C8H9N3O2. The van der Waals surface area contributed by atoms with Crippen LogP contribution in [0.2, 0.25) is 0 Å². The zero-order chi connectivity index (χ0) is 9.26. The predicted octanol–water partition coefficient (Wildman–Crippen LogP) is 0.398. The molecule has 13 heavy (non-hydrogen) atoms. The molecule has 5 nitrogen and oxygen atoms in total. The van der Waals surface area contributed by atoms with Crippen molar-refractivity contribution in [3.8, 4) is 0 Å². The number of hydrogen-bond acceptors (Lipinski definition) is 3. The van der Waals surface area contributed by atoms with Gasteiger partial charge in [-0.1, -0.05) is 0 Å². The van der Waals surface area contributed by atoms with Crippen LogP contribution in [0.5, 0.6) is 0 Å². The summed E-state index contributed by atoms with van der Waals surface area (Å²) in [7, 11) is 1.62. The van der Waals surface area contributed by atoms with Crippen molar-refractivity contribution in [2.24, 2.45) is 0 Å². The minimum atomic E-state index is -0.349. The van der Waals surface area contributed by atoms with E-state index in [2.05, 4.69) is 15.0 Å². The molecule has 2 heterocycles. The molecule has 0 saturated heterocycles. The Morgan fingerprint density at radius 1 is 1.54 bits per heavy atom. The van der Waals surface area contributed by atoms with Gasteiger partial charge < -0.3 is 9.72 Å². The highest BCUT2D eigenvalue weighted by Crippen LogP contribution is 2.10. The molecule has 0 spiro atoms. The molecule has 5 heteroatoms. The topological polar surface area (TPSA) is 70.8 Å². The first-order valence-corrected chi connectivity index (χ1v) is 3.85. The van der Waals surface area contributed by atoms with Gasteiger partial charge in [-0.3, -0.25) is 4.98 Å². The molecule has 2 N–H and O–H groups in total. The molecule has 0 aliphatic carbocycles. The van der Waals surface area contributed by atoms with E-state index in [4.69, 9.17) is 4.74 Å². The molecule has 0 unspecified atom stereocenters. The van der Waals surface area contributed by atoms with E-state index >= 15 is 0 Å². The summed E-state index contributed by atoms with van der Waals surface area (Å²) in [4.78, 5) is 20.0. The van der Waals surface area contributed by atoms with Gasteiger partial charge in [-0.2, -0.15) is 0 Å². The number of nitrogens with one attached hydrogen (secondary N) is 2. The van der Waals surface area contributed by atoms with Gasteiger partial charge in [0, 0.05) is 24.4 Å². The summed E-state index contributed by atoms with van der Waals surface area (Å²) in [5.41, 5.74) is 1.26. The number of ether oxygens (including phenoxy) is 1. The first-order valence-electron chi connectivity index (χ1n) is 3.85. The summed E-state index contributed by atoms with van der Waals surface area (Å²) in [5.74, 6) is 0. The van der Waals surface area contributed by atoms with Gasteiger partial charge >= 0.3 is 5.69 Å². The normalized spacial score (nSPS) is 10.8. The molecule has 0 aromatic carbocycles. The SMILES string of the molecule is COCc1cc2cnc(=O)[nH]c2[nH]1. The van der Waals surface area contributed by atoms with Crippen molar-refractivity contribution in [1.82, 2.24) is 15.0 Å². The molecule has 68 valence electrons. The van der Waals surface area contributed by atoms with E-state index in [9.17, 15) is 4.79 Å². The number of hydrogen-bond donors (Lipinski definition) is 2. The zero-order valence-electron chi connectivity index (χ0n) is 7.13. The zero-order valence-corrected chi connectivity index (χ0v) is 7.13. The predicted molar refractivity (Wildman–Crippen MR) is 47.4 cm³/mol. The summed E-state index contributed by atoms with van der Waals surface area (Å²) in [6.45, 7) is 0.497. The fourth-order valence-electron chi connectivity index (χ4n) is 1.23. The smallest absolute Gasteiger partial charge is 0.346 e. The molecule has 0 aliphatic rings. The number of rotatable bonds is 2. The Kier molecular flexibility index (Phi) is 1.86. The van der Waals surface area contributed by atoms with E-state index in [1.165, 1.54) is 6.20 Å². The van der Waals surface area contributed by atoms with E-state index in [1.54, 1.807) is 7.11 Å². The number of aromatic amines is 2. The lowest BCUT2D eigenvalue weighted by molar-refractivity contribution is 0.182. The Bertz CT molecular complexity index is 471. The Hall–Kier alpha value is -1.62. The number of fused-ring (bicyclic) bond motifs is 1. The quantitative estimate of drug-likeness (QED) is 0.700. The van der Waals surface area contributed by atoms with Gasteiger partial charge in [0.05, 0.1) is 6.61 Å². The maximum atomic E-state index is 10.8. The number of H-pyrrole nitrogens is 2.